The van der Waals surface area contributed by atoms with Crippen LogP contribution in [0.3, 0.4) is 0 Å². The first-order chi connectivity index (χ1) is 7.09. The Morgan fingerprint density at radius 2 is 2.07 bits per heavy atom. The lowest BCUT2D eigenvalue weighted by Crippen LogP contribution is -2.57. The van der Waals surface area contributed by atoms with E-state index in [0.29, 0.717) is 6.04 Å². The van der Waals surface area contributed by atoms with Crippen LogP contribution < -0.4 is 10.6 Å². The first kappa shape index (κ1) is 10.9. The lowest BCUT2D eigenvalue weighted by atomic mass is 9.73. The average molecular weight is 210 g/mol. The number of carbonyl (C=O) groups excluding carboxylic acids is 1. The van der Waals surface area contributed by atoms with Gasteiger partial charge in [-0.15, -0.1) is 0 Å². The number of nitrogens with one attached hydrogen (secondary N) is 2. The molecule has 2 rings (SSSR count). The first-order valence-electron chi connectivity index (χ1n) is 6.13. The van der Waals surface area contributed by atoms with Gasteiger partial charge in [0.1, 0.15) is 0 Å². The van der Waals surface area contributed by atoms with Crippen molar-refractivity contribution in [3.8, 4) is 0 Å². The summed E-state index contributed by atoms with van der Waals surface area (Å²) in [5.74, 6) is 0.209. The average Bonchev–Trinajstić information content (AvgIpc) is 2.05. The zero-order valence-electron chi connectivity index (χ0n) is 9.81. The van der Waals surface area contributed by atoms with Gasteiger partial charge in [-0.3, -0.25) is 4.79 Å². The predicted molar refractivity (Wildman–Crippen MR) is 60.6 cm³/mol. The van der Waals surface area contributed by atoms with E-state index in [1.54, 1.807) is 0 Å². The molecule has 1 heterocycles. The highest BCUT2D eigenvalue weighted by atomic mass is 16.2. The summed E-state index contributed by atoms with van der Waals surface area (Å²) in [5, 5.41) is 6.36. The van der Waals surface area contributed by atoms with Crippen molar-refractivity contribution in [1.29, 1.82) is 0 Å². The third kappa shape index (κ3) is 2.33. The Hall–Kier alpha value is -0.570. The fourth-order valence-corrected chi connectivity index (χ4v) is 2.55. The van der Waals surface area contributed by atoms with Gasteiger partial charge >= 0.3 is 0 Å². The van der Waals surface area contributed by atoms with E-state index < -0.39 is 0 Å². The van der Waals surface area contributed by atoms with E-state index >= 15 is 0 Å². The minimum absolute atomic E-state index is 0.0859. The zero-order valence-corrected chi connectivity index (χ0v) is 9.81. The highest BCUT2D eigenvalue weighted by Gasteiger charge is 2.35. The van der Waals surface area contributed by atoms with E-state index in [4.69, 9.17) is 0 Å². The molecular weight excluding hydrogens is 188 g/mol. The van der Waals surface area contributed by atoms with Crippen LogP contribution in [0.15, 0.2) is 0 Å². The molecule has 2 N–H and O–H groups in total. The molecule has 1 saturated carbocycles. The fraction of sp³-hybridized carbons (Fsp3) is 0.917. The van der Waals surface area contributed by atoms with Crippen LogP contribution in [-0.2, 0) is 4.79 Å². The molecule has 0 spiro atoms. The Kier molecular flexibility index (Phi) is 3.01. The quantitative estimate of drug-likeness (QED) is 0.724. The van der Waals surface area contributed by atoms with Crippen molar-refractivity contribution in [3.63, 3.8) is 0 Å². The van der Waals surface area contributed by atoms with Gasteiger partial charge < -0.3 is 10.6 Å². The molecule has 2 fully saturated rings. The van der Waals surface area contributed by atoms with Gasteiger partial charge in [-0.25, -0.2) is 0 Å². The Morgan fingerprint density at radius 1 is 1.33 bits per heavy atom. The van der Waals surface area contributed by atoms with Crippen molar-refractivity contribution in [2.24, 2.45) is 5.41 Å². The lowest BCUT2D eigenvalue weighted by molar-refractivity contribution is -0.126. The van der Waals surface area contributed by atoms with Crippen LogP contribution in [0.2, 0.25) is 0 Å². The van der Waals surface area contributed by atoms with Crippen molar-refractivity contribution >= 4 is 5.91 Å². The third-order valence-electron chi connectivity index (χ3n) is 3.96. The first-order valence-corrected chi connectivity index (χ1v) is 6.13. The molecule has 0 aromatic carbocycles. The smallest absolute Gasteiger partial charge is 0.237 e. The highest BCUT2D eigenvalue weighted by molar-refractivity contribution is 5.82. The van der Waals surface area contributed by atoms with E-state index in [-0.39, 0.29) is 17.4 Å². The zero-order chi connectivity index (χ0) is 10.9. The maximum absolute atomic E-state index is 11.8. The van der Waals surface area contributed by atoms with E-state index in [9.17, 15) is 4.79 Å². The van der Waals surface area contributed by atoms with Gasteiger partial charge in [-0.05, 0) is 31.2 Å². The summed E-state index contributed by atoms with van der Waals surface area (Å²) in [6.45, 7) is 5.53. The molecule has 1 amide bonds. The van der Waals surface area contributed by atoms with E-state index in [1.807, 2.05) is 0 Å². The van der Waals surface area contributed by atoms with Gasteiger partial charge in [-0.1, -0.05) is 26.7 Å². The van der Waals surface area contributed by atoms with Crippen LogP contribution >= 0.6 is 0 Å². The molecule has 0 aromatic rings. The number of carbonyl (C=O) groups is 1. The van der Waals surface area contributed by atoms with Crippen LogP contribution in [0.5, 0.6) is 0 Å². The van der Waals surface area contributed by atoms with Gasteiger partial charge in [0.25, 0.3) is 0 Å². The van der Waals surface area contributed by atoms with Crippen LogP contribution in [0, 0.1) is 5.41 Å². The molecule has 2 aliphatic rings. The Labute approximate surface area is 92.0 Å². The summed E-state index contributed by atoms with van der Waals surface area (Å²) in [6.07, 6.45) is 5.94. The fourth-order valence-electron chi connectivity index (χ4n) is 2.55. The molecular formula is C12H22N2O. The number of amides is 1. The second kappa shape index (κ2) is 4.12. The lowest BCUT2D eigenvalue weighted by Gasteiger charge is -2.40. The molecule has 3 nitrogen and oxygen atoms in total. The minimum Gasteiger partial charge on any atom is -0.351 e. The van der Waals surface area contributed by atoms with Gasteiger partial charge in [0.05, 0.1) is 6.04 Å². The summed E-state index contributed by atoms with van der Waals surface area (Å²) >= 11 is 0. The third-order valence-corrected chi connectivity index (χ3v) is 3.96. The maximum atomic E-state index is 11.8. The van der Waals surface area contributed by atoms with E-state index in [0.717, 1.165) is 19.4 Å². The van der Waals surface area contributed by atoms with Crippen LogP contribution in [0.4, 0.5) is 0 Å². The van der Waals surface area contributed by atoms with Gasteiger partial charge in [0.2, 0.25) is 5.91 Å². The molecule has 1 saturated heterocycles. The Bertz CT molecular complexity index is 246. The molecule has 1 aliphatic carbocycles. The molecule has 15 heavy (non-hydrogen) atoms. The SMILES string of the molecule is CC1(C)CCCCC1NC(=O)[C@H]1CCN1. The molecule has 0 radical (unpaired) electrons. The molecule has 0 aromatic heterocycles. The summed E-state index contributed by atoms with van der Waals surface area (Å²) < 4.78 is 0. The van der Waals surface area contributed by atoms with Crippen molar-refractivity contribution < 1.29 is 4.79 Å². The summed E-state index contributed by atoms with van der Waals surface area (Å²) in [7, 11) is 0. The van der Waals surface area contributed by atoms with Gasteiger partial charge in [0, 0.05) is 6.04 Å². The highest BCUT2D eigenvalue weighted by Crippen LogP contribution is 2.35. The van der Waals surface area contributed by atoms with E-state index in [1.165, 1.54) is 19.3 Å². The Morgan fingerprint density at radius 3 is 2.60 bits per heavy atom. The second-order valence-electron chi connectivity index (χ2n) is 5.59. The minimum atomic E-state index is 0.0859. The molecule has 86 valence electrons. The monoisotopic (exact) mass is 210 g/mol. The van der Waals surface area contributed by atoms with Crippen molar-refractivity contribution in [2.75, 3.05) is 6.54 Å². The topological polar surface area (TPSA) is 41.1 Å². The molecule has 1 aliphatic heterocycles. The summed E-state index contributed by atoms with van der Waals surface area (Å²) in [5.41, 5.74) is 0.275. The molecule has 3 heteroatoms. The predicted octanol–water partition coefficient (Wildman–Crippen LogP) is 1.43. The van der Waals surface area contributed by atoms with Crippen LogP contribution in [0.25, 0.3) is 0 Å². The van der Waals surface area contributed by atoms with Crippen molar-refractivity contribution in [2.45, 2.75) is 58.0 Å². The summed E-state index contributed by atoms with van der Waals surface area (Å²) in [4.78, 5) is 11.8. The van der Waals surface area contributed by atoms with Gasteiger partial charge in [-0.2, -0.15) is 0 Å². The van der Waals surface area contributed by atoms with Gasteiger partial charge in [0.15, 0.2) is 0 Å². The second-order valence-corrected chi connectivity index (χ2v) is 5.59. The van der Waals surface area contributed by atoms with E-state index in [2.05, 4.69) is 24.5 Å². The largest absolute Gasteiger partial charge is 0.351 e. The van der Waals surface area contributed by atoms with Crippen molar-refractivity contribution in [3.05, 3.63) is 0 Å². The molecule has 0 bridgehead atoms. The summed E-state index contributed by atoms with van der Waals surface area (Å²) in [6, 6.07) is 0.462. The number of hydrogen-bond donors (Lipinski definition) is 2. The maximum Gasteiger partial charge on any atom is 0.237 e. The number of rotatable bonds is 2. The van der Waals surface area contributed by atoms with Crippen LogP contribution in [0.1, 0.15) is 46.0 Å². The number of hydrogen-bond acceptors (Lipinski definition) is 2. The normalized spacial score (nSPS) is 34.3. The van der Waals surface area contributed by atoms with Crippen LogP contribution in [-0.4, -0.2) is 24.5 Å². The molecule has 1 unspecified atom stereocenters. The Balaban J connectivity index is 1.88. The standard InChI is InChI=1S/C12H22N2O/c1-12(2)7-4-3-5-10(12)14-11(15)9-6-8-13-9/h9-10,13H,3-8H2,1-2H3,(H,14,15)/t9-,10?/m1/s1. The van der Waals surface area contributed by atoms with Crippen molar-refractivity contribution in [1.82, 2.24) is 10.6 Å². The molecule has 2 atom stereocenters.